The number of nitrogens with two attached hydrogens (primary N) is 4. The normalized spacial score (nSPS) is 12.1. The molecule has 0 atom stereocenters. The van der Waals surface area contributed by atoms with Crippen molar-refractivity contribution in [3.63, 3.8) is 0 Å². The van der Waals surface area contributed by atoms with E-state index in [1.54, 1.807) is 6.20 Å². The summed E-state index contributed by atoms with van der Waals surface area (Å²) in [5.74, 6) is 10.5. The first-order valence-electron chi connectivity index (χ1n) is 12.1. The van der Waals surface area contributed by atoms with Crippen LogP contribution in [0.5, 0.6) is 5.75 Å². The van der Waals surface area contributed by atoms with Crippen LogP contribution in [0.4, 0.5) is 13.2 Å². The van der Waals surface area contributed by atoms with E-state index in [4.69, 9.17) is 23.2 Å². The van der Waals surface area contributed by atoms with Gasteiger partial charge in [0.25, 0.3) is 5.91 Å². The molecule has 0 aliphatic carbocycles. The monoisotopic (exact) mass is 565 g/mol. The number of aryl methyl sites for hydroxylation is 1. The molecule has 15 heteroatoms. The number of ether oxygens (including phenoxy) is 1. The highest BCUT2D eigenvalue weighted by Crippen LogP contribution is 2.23. The van der Waals surface area contributed by atoms with Crippen molar-refractivity contribution < 1.29 is 27.5 Å². The largest absolute Gasteiger partial charge is 0.573 e. The van der Waals surface area contributed by atoms with Crippen LogP contribution in [0, 0.1) is 6.92 Å². The number of rotatable bonds is 14. The summed E-state index contributed by atoms with van der Waals surface area (Å²) in [6.07, 6.45) is 0.769. The standard InChI is InChI=1S/C25H34F3N9O3/c1-17-7-8-19(13-33-17)12-23(38)35-22(30)16-37(32)10-3-2-9-36(31)15-21(29)24(39)34-14-18-5-4-6-20(11-18)40-25(26,27)28/h4-8,11,13,15-16H,2-3,9-10,12,14,29-32H2,1H3,(H,34,39)(H,35,38)/b21-15-,22-16+. The number of carbonyl (C=O) groups excluding carboxylic acids is 2. The van der Waals surface area contributed by atoms with Gasteiger partial charge in [0.1, 0.15) is 17.3 Å². The van der Waals surface area contributed by atoms with Gasteiger partial charge in [0, 0.05) is 37.7 Å². The van der Waals surface area contributed by atoms with E-state index in [-0.39, 0.29) is 30.4 Å². The molecule has 10 N–H and O–H groups in total. The molecule has 0 saturated carbocycles. The van der Waals surface area contributed by atoms with Crippen molar-refractivity contribution in [1.29, 1.82) is 0 Å². The van der Waals surface area contributed by atoms with Crippen LogP contribution in [0.15, 0.2) is 66.5 Å². The van der Waals surface area contributed by atoms with E-state index in [0.29, 0.717) is 31.5 Å². The fraction of sp³-hybridized carbons (Fsp3) is 0.320. The van der Waals surface area contributed by atoms with Crippen LogP contribution in [0.3, 0.4) is 0 Å². The predicted molar refractivity (Wildman–Crippen MR) is 141 cm³/mol. The molecular weight excluding hydrogens is 531 g/mol. The molecule has 2 rings (SSSR count). The molecule has 1 aromatic heterocycles. The van der Waals surface area contributed by atoms with Gasteiger partial charge < -0.3 is 36.9 Å². The average Bonchev–Trinajstić information content (AvgIpc) is 2.85. The van der Waals surface area contributed by atoms with Gasteiger partial charge in [-0.15, -0.1) is 13.2 Å². The first kappa shape index (κ1) is 31.7. The van der Waals surface area contributed by atoms with Crippen LogP contribution < -0.4 is 38.5 Å². The molecule has 0 unspecified atom stereocenters. The zero-order valence-electron chi connectivity index (χ0n) is 21.9. The van der Waals surface area contributed by atoms with Gasteiger partial charge in [-0.3, -0.25) is 14.6 Å². The Kier molecular flexibility index (Phi) is 12.0. The first-order valence-corrected chi connectivity index (χ1v) is 12.1. The first-order chi connectivity index (χ1) is 18.8. The topological polar surface area (TPSA) is 191 Å². The number of hydrogen-bond acceptors (Lipinski definition) is 10. The Bertz CT molecular complexity index is 1190. The lowest BCUT2D eigenvalue weighted by Gasteiger charge is -2.18. The van der Waals surface area contributed by atoms with E-state index in [2.05, 4.69) is 20.4 Å². The Morgan fingerprint density at radius 2 is 1.70 bits per heavy atom. The van der Waals surface area contributed by atoms with Crippen LogP contribution in [-0.2, 0) is 22.6 Å². The fourth-order valence-electron chi connectivity index (χ4n) is 3.30. The van der Waals surface area contributed by atoms with Crippen molar-refractivity contribution in [1.82, 2.24) is 25.6 Å². The molecule has 0 aliphatic rings. The molecule has 0 saturated heterocycles. The highest BCUT2D eigenvalue weighted by molar-refractivity contribution is 5.92. The Hall–Kier alpha value is -4.50. The van der Waals surface area contributed by atoms with Crippen LogP contribution in [0.1, 0.15) is 29.7 Å². The van der Waals surface area contributed by atoms with E-state index in [9.17, 15) is 22.8 Å². The number of pyridine rings is 1. The fourth-order valence-corrected chi connectivity index (χ4v) is 3.30. The zero-order chi connectivity index (χ0) is 29.7. The second kappa shape index (κ2) is 15.2. The minimum atomic E-state index is -4.82. The smallest absolute Gasteiger partial charge is 0.406 e. The van der Waals surface area contributed by atoms with Crippen molar-refractivity contribution in [2.75, 3.05) is 13.1 Å². The Morgan fingerprint density at radius 3 is 2.33 bits per heavy atom. The minimum Gasteiger partial charge on any atom is -0.406 e. The molecule has 40 heavy (non-hydrogen) atoms. The van der Waals surface area contributed by atoms with Crippen LogP contribution in [0.25, 0.3) is 0 Å². The van der Waals surface area contributed by atoms with Crippen molar-refractivity contribution in [3.8, 4) is 5.75 Å². The quantitative estimate of drug-likeness (QED) is 0.0832. The SMILES string of the molecule is Cc1ccc(CC(=O)N/C(N)=C/N(N)CCCCN(N)/C=C(\N)C(=O)NCc2cccc(OC(F)(F)F)c2)cn1. The van der Waals surface area contributed by atoms with Crippen molar-refractivity contribution >= 4 is 11.8 Å². The zero-order valence-corrected chi connectivity index (χ0v) is 21.9. The summed E-state index contributed by atoms with van der Waals surface area (Å²) in [5, 5.41) is 7.62. The maximum atomic E-state index is 12.4. The molecule has 0 bridgehead atoms. The second-order valence-electron chi connectivity index (χ2n) is 8.76. The molecule has 1 heterocycles. The van der Waals surface area contributed by atoms with Crippen LogP contribution >= 0.6 is 0 Å². The van der Waals surface area contributed by atoms with E-state index >= 15 is 0 Å². The van der Waals surface area contributed by atoms with E-state index < -0.39 is 18.0 Å². The lowest BCUT2D eigenvalue weighted by molar-refractivity contribution is -0.274. The molecule has 12 nitrogen and oxygen atoms in total. The van der Waals surface area contributed by atoms with Crippen LogP contribution in [0.2, 0.25) is 0 Å². The van der Waals surface area contributed by atoms with E-state index in [1.165, 1.54) is 34.6 Å². The summed E-state index contributed by atoms with van der Waals surface area (Å²) in [6.45, 7) is 2.54. The molecule has 0 aliphatic heterocycles. The highest BCUT2D eigenvalue weighted by Gasteiger charge is 2.31. The molecule has 0 spiro atoms. The molecule has 1 aromatic carbocycles. The van der Waals surface area contributed by atoms with E-state index in [1.807, 2.05) is 19.1 Å². The summed E-state index contributed by atoms with van der Waals surface area (Å²) >= 11 is 0. The third-order valence-electron chi connectivity index (χ3n) is 5.16. The number of alkyl halides is 3. The summed E-state index contributed by atoms with van der Waals surface area (Å²) in [7, 11) is 0. The minimum absolute atomic E-state index is 0.0698. The van der Waals surface area contributed by atoms with Gasteiger partial charge in [0.05, 0.1) is 12.6 Å². The maximum absolute atomic E-state index is 12.4. The summed E-state index contributed by atoms with van der Waals surface area (Å²) in [5.41, 5.74) is 13.4. The van der Waals surface area contributed by atoms with Gasteiger partial charge in [0.2, 0.25) is 5.91 Å². The van der Waals surface area contributed by atoms with Gasteiger partial charge in [-0.25, -0.2) is 11.7 Å². The Labute approximate surface area is 229 Å². The number of nitrogens with zero attached hydrogens (tertiary/aromatic N) is 3. The van der Waals surface area contributed by atoms with E-state index in [0.717, 1.165) is 23.4 Å². The van der Waals surface area contributed by atoms with Gasteiger partial charge in [0.15, 0.2) is 0 Å². The molecular formula is C25H34F3N9O3. The van der Waals surface area contributed by atoms with Crippen molar-refractivity contribution in [2.24, 2.45) is 23.2 Å². The average molecular weight is 566 g/mol. The summed E-state index contributed by atoms with van der Waals surface area (Å²) in [4.78, 5) is 28.5. The molecule has 218 valence electrons. The number of aromatic nitrogens is 1. The number of amides is 2. The van der Waals surface area contributed by atoms with Gasteiger partial charge >= 0.3 is 6.36 Å². The van der Waals surface area contributed by atoms with Crippen molar-refractivity contribution in [2.45, 2.75) is 39.1 Å². The van der Waals surface area contributed by atoms with Crippen molar-refractivity contribution in [3.05, 3.63) is 83.3 Å². The molecule has 0 radical (unpaired) electrons. The third kappa shape index (κ3) is 12.8. The number of unbranched alkanes of at least 4 members (excludes halogenated alkanes) is 1. The highest BCUT2D eigenvalue weighted by atomic mass is 19.4. The maximum Gasteiger partial charge on any atom is 0.573 e. The van der Waals surface area contributed by atoms with Gasteiger partial charge in [-0.2, -0.15) is 0 Å². The lowest BCUT2D eigenvalue weighted by Crippen LogP contribution is -2.35. The molecule has 0 fully saturated rings. The second-order valence-corrected chi connectivity index (χ2v) is 8.76. The lowest BCUT2D eigenvalue weighted by atomic mass is 10.2. The van der Waals surface area contributed by atoms with Gasteiger partial charge in [-0.05, 0) is 49.1 Å². The summed E-state index contributed by atoms with van der Waals surface area (Å²) < 4.78 is 40.9. The Balaban J connectivity index is 1.69. The number of nitrogens with one attached hydrogen (secondary N) is 2. The Morgan fingerprint density at radius 1 is 1.02 bits per heavy atom. The van der Waals surface area contributed by atoms with Crippen LogP contribution in [-0.4, -0.2) is 46.3 Å². The number of hydrogen-bond donors (Lipinski definition) is 6. The van der Waals surface area contributed by atoms with Gasteiger partial charge in [-0.1, -0.05) is 18.2 Å². The third-order valence-corrected chi connectivity index (χ3v) is 5.16. The molecule has 2 amide bonds. The number of halogens is 3. The number of carbonyl (C=O) groups is 2. The summed E-state index contributed by atoms with van der Waals surface area (Å²) in [6, 6.07) is 8.83. The number of benzene rings is 1. The predicted octanol–water partition coefficient (Wildman–Crippen LogP) is 0.953. The molecule has 2 aromatic rings. The number of hydrazine groups is 2.